The van der Waals surface area contributed by atoms with E-state index in [1.165, 1.54) is 23.6 Å². The Morgan fingerprint density at radius 1 is 1.12 bits per heavy atom. The second kappa shape index (κ2) is 6.63. The van der Waals surface area contributed by atoms with Crippen molar-refractivity contribution in [2.45, 2.75) is 32.4 Å². The van der Waals surface area contributed by atoms with Crippen LogP contribution in [0.15, 0.2) is 54.6 Å². The van der Waals surface area contributed by atoms with Gasteiger partial charge < -0.3 is 5.32 Å². The Labute approximate surface area is 152 Å². The van der Waals surface area contributed by atoms with Gasteiger partial charge in [-0.2, -0.15) is 4.98 Å². The molecular formula is C20H21N5O. The van der Waals surface area contributed by atoms with Gasteiger partial charge in [0.1, 0.15) is 0 Å². The minimum absolute atomic E-state index is 0.0482. The fraction of sp³-hybridized carbons (Fsp3) is 0.250. The van der Waals surface area contributed by atoms with Crippen LogP contribution in [0.1, 0.15) is 42.1 Å². The molecule has 132 valence electrons. The van der Waals surface area contributed by atoms with Gasteiger partial charge in [0.2, 0.25) is 11.9 Å². The van der Waals surface area contributed by atoms with Crippen LogP contribution in [0.5, 0.6) is 0 Å². The SMILES string of the molecule is CC(=O)Nc1nc2n(n1)[C@@H](c1ccc(C)cc1)C[C@@H](c1ccccc1)N2. The lowest BCUT2D eigenvalue weighted by atomic mass is 9.93. The van der Waals surface area contributed by atoms with Crippen LogP contribution in [0.2, 0.25) is 0 Å². The number of nitrogens with one attached hydrogen (secondary N) is 2. The second-order valence-electron chi connectivity index (χ2n) is 6.65. The molecule has 0 spiro atoms. The molecular weight excluding hydrogens is 326 g/mol. The summed E-state index contributed by atoms with van der Waals surface area (Å²) in [6.07, 6.45) is 0.850. The van der Waals surface area contributed by atoms with Crippen LogP contribution < -0.4 is 10.6 Å². The van der Waals surface area contributed by atoms with Crippen molar-refractivity contribution in [1.29, 1.82) is 0 Å². The molecule has 0 fully saturated rings. The molecule has 0 saturated carbocycles. The summed E-state index contributed by atoms with van der Waals surface area (Å²) in [5, 5.41) is 10.6. The van der Waals surface area contributed by atoms with E-state index >= 15 is 0 Å². The van der Waals surface area contributed by atoms with Gasteiger partial charge in [0.15, 0.2) is 0 Å². The van der Waals surface area contributed by atoms with Crippen molar-refractivity contribution in [3.05, 3.63) is 71.3 Å². The number of hydrogen-bond acceptors (Lipinski definition) is 4. The van der Waals surface area contributed by atoms with Crippen LogP contribution in [-0.4, -0.2) is 20.7 Å². The highest BCUT2D eigenvalue weighted by molar-refractivity contribution is 5.86. The standard InChI is InChI=1S/C20H21N5O/c1-13-8-10-16(11-9-13)18-12-17(15-6-4-3-5-7-15)22-20-23-19(21-14(2)26)24-25(18)20/h3-11,17-18H,12H2,1-2H3,(H2,21,22,23,24,26)/t17-,18+/m0/s1. The molecule has 26 heavy (non-hydrogen) atoms. The number of carbonyl (C=O) groups is 1. The zero-order valence-electron chi connectivity index (χ0n) is 14.8. The van der Waals surface area contributed by atoms with Crippen molar-refractivity contribution in [3.8, 4) is 0 Å². The average molecular weight is 347 g/mol. The molecule has 0 aliphatic carbocycles. The molecule has 3 aromatic rings. The smallest absolute Gasteiger partial charge is 0.250 e. The zero-order chi connectivity index (χ0) is 18.1. The van der Waals surface area contributed by atoms with Gasteiger partial charge in [-0.1, -0.05) is 60.2 Å². The molecule has 1 aliphatic heterocycles. The molecule has 0 radical (unpaired) electrons. The number of aryl methyl sites for hydroxylation is 1. The third-order valence-electron chi connectivity index (χ3n) is 4.64. The lowest BCUT2D eigenvalue weighted by molar-refractivity contribution is -0.114. The van der Waals surface area contributed by atoms with E-state index in [-0.39, 0.29) is 18.0 Å². The highest BCUT2D eigenvalue weighted by atomic mass is 16.1. The van der Waals surface area contributed by atoms with Crippen molar-refractivity contribution in [2.75, 3.05) is 10.6 Å². The van der Waals surface area contributed by atoms with Crippen molar-refractivity contribution in [3.63, 3.8) is 0 Å². The summed E-state index contributed by atoms with van der Waals surface area (Å²) in [5.74, 6) is 0.810. The third-order valence-corrected chi connectivity index (χ3v) is 4.64. The molecule has 1 amide bonds. The van der Waals surface area contributed by atoms with Gasteiger partial charge in [0.05, 0.1) is 12.1 Å². The molecule has 0 unspecified atom stereocenters. The summed E-state index contributed by atoms with van der Waals surface area (Å²) in [4.78, 5) is 15.8. The van der Waals surface area contributed by atoms with E-state index in [1.807, 2.05) is 22.9 Å². The first-order valence-corrected chi connectivity index (χ1v) is 8.72. The molecule has 2 heterocycles. The molecule has 6 nitrogen and oxygen atoms in total. The Hall–Kier alpha value is -3.15. The minimum atomic E-state index is -0.181. The van der Waals surface area contributed by atoms with E-state index in [0.29, 0.717) is 11.9 Å². The Bertz CT molecular complexity index is 917. The van der Waals surface area contributed by atoms with Crippen molar-refractivity contribution < 1.29 is 4.79 Å². The van der Waals surface area contributed by atoms with Gasteiger partial charge in [-0.3, -0.25) is 10.1 Å². The number of rotatable bonds is 3. The molecule has 0 bridgehead atoms. The maximum absolute atomic E-state index is 11.4. The minimum Gasteiger partial charge on any atom is -0.347 e. The molecule has 2 N–H and O–H groups in total. The van der Waals surface area contributed by atoms with E-state index < -0.39 is 0 Å². The summed E-state index contributed by atoms with van der Waals surface area (Å²) < 4.78 is 1.87. The van der Waals surface area contributed by atoms with Crippen LogP contribution in [0.4, 0.5) is 11.9 Å². The van der Waals surface area contributed by atoms with Gasteiger partial charge in [0, 0.05) is 6.92 Å². The summed E-state index contributed by atoms with van der Waals surface area (Å²) in [6.45, 7) is 3.53. The van der Waals surface area contributed by atoms with Crippen molar-refractivity contribution in [1.82, 2.24) is 14.8 Å². The van der Waals surface area contributed by atoms with Gasteiger partial charge in [-0.25, -0.2) is 4.68 Å². The highest BCUT2D eigenvalue weighted by Gasteiger charge is 2.31. The molecule has 6 heteroatoms. The molecule has 2 aromatic carbocycles. The highest BCUT2D eigenvalue weighted by Crippen LogP contribution is 2.38. The number of amides is 1. The quantitative estimate of drug-likeness (QED) is 0.758. The summed E-state index contributed by atoms with van der Waals surface area (Å²) in [5.41, 5.74) is 3.61. The number of carbonyl (C=O) groups excluding carboxylic acids is 1. The van der Waals surface area contributed by atoms with Gasteiger partial charge >= 0.3 is 0 Å². The lowest BCUT2D eigenvalue weighted by Gasteiger charge is -2.31. The third kappa shape index (κ3) is 3.18. The molecule has 2 atom stereocenters. The fourth-order valence-electron chi connectivity index (χ4n) is 3.36. The van der Waals surface area contributed by atoms with E-state index in [9.17, 15) is 4.79 Å². The van der Waals surface area contributed by atoms with E-state index in [4.69, 9.17) is 0 Å². The van der Waals surface area contributed by atoms with Crippen LogP contribution in [0.25, 0.3) is 0 Å². The Morgan fingerprint density at radius 2 is 1.85 bits per heavy atom. The van der Waals surface area contributed by atoms with Gasteiger partial charge in [-0.05, 0) is 24.5 Å². The van der Waals surface area contributed by atoms with Crippen LogP contribution in [0.3, 0.4) is 0 Å². The van der Waals surface area contributed by atoms with Gasteiger partial charge in [0.25, 0.3) is 5.95 Å². The number of fused-ring (bicyclic) bond motifs is 1. The van der Waals surface area contributed by atoms with E-state index in [0.717, 1.165) is 6.42 Å². The monoisotopic (exact) mass is 347 g/mol. The normalized spacial score (nSPS) is 18.7. The summed E-state index contributed by atoms with van der Waals surface area (Å²) in [7, 11) is 0. The molecule has 0 saturated heterocycles. The summed E-state index contributed by atoms with van der Waals surface area (Å²) in [6, 6.07) is 19.0. The van der Waals surface area contributed by atoms with E-state index in [2.05, 4.69) is 64.0 Å². The molecule has 1 aliphatic rings. The lowest BCUT2D eigenvalue weighted by Crippen LogP contribution is -2.28. The first-order valence-electron chi connectivity index (χ1n) is 8.72. The molecule has 4 rings (SSSR count). The van der Waals surface area contributed by atoms with Crippen LogP contribution in [-0.2, 0) is 4.79 Å². The topological polar surface area (TPSA) is 71.8 Å². The first kappa shape index (κ1) is 16.3. The summed E-state index contributed by atoms with van der Waals surface area (Å²) >= 11 is 0. The first-order chi connectivity index (χ1) is 12.6. The number of anilines is 2. The van der Waals surface area contributed by atoms with E-state index in [1.54, 1.807) is 0 Å². The largest absolute Gasteiger partial charge is 0.347 e. The Balaban J connectivity index is 1.75. The Morgan fingerprint density at radius 3 is 2.54 bits per heavy atom. The number of nitrogens with zero attached hydrogens (tertiary/aromatic N) is 3. The maximum atomic E-state index is 11.4. The predicted molar refractivity (Wildman–Crippen MR) is 101 cm³/mol. The van der Waals surface area contributed by atoms with Crippen molar-refractivity contribution >= 4 is 17.8 Å². The van der Waals surface area contributed by atoms with Crippen molar-refractivity contribution in [2.24, 2.45) is 0 Å². The number of aromatic nitrogens is 3. The predicted octanol–water partition coefficient (Wildman–Crippen LogP) is 3.69. The zero-order valence-corrected chi connectivity index (χ0v) is 14.8. The number of hydrogen-bond donors (Lipinski definition) is 2. The fourth-order valence-corrected chi connectivity index (χ4v) is 3.36. The number of benzene rings is 2. The maximum Gasteiger partial charge on any atom is 0.250 e. The van der Waals surface area contributed by atoms with Crippen LogP contribution >= 0.6 is 0 Å². The molecule has 1 aromatic heterocycles. The van der Waals surface area contributed by atoms with Gasteiger partial charge in [-0.15, -0.1) is 5.10 Å². The second-order valence-corrected chi connectivity index (χ2v) is 6.65. The van der Waals surface area contributed by atoms with Crippen LogP contribution in [0, 0.1) is 6.92 Å². The Kier molecular flexibility index (Phi) is 4.16. The average Bonchev–Trinajstić information content (AvgIpc) is 3.04.